The highest BCUT2D eigenvalue weighted by Crippen LogP contribution is 2.46. The summed E-state index contributed by atoms with van der Waals surface area (Å²) >= 11 is 0. The summed E-state index contributed by atoms with van der Waals surface area (Å²) in [6.07, 6.45) is 6.56. The number of likely N-dealkylation sites (tertiary alicyclic amines) is 2. The predicted molar refractivity (Wildman–Crippen MR) is 112 cm³/mol. The molecule has 3 aromatic rings. The molecule has 160 valence electrons. The minimum atomic E-state index is -0.135. The second-order valence-electron chi connectivity index (χ2n) is 8.66. The second-order valence-corrected chi connectivity index (χ2v) is 8.66. The van der Waals surface area contributed by atoms with E-state index < -0.39 is 0 Å². The summed E-state index contributed by atoms with van der Waals surface area (Å²) in [6.45, 7) is 2.51. The SMILES string of the molecule is Cn1cncc1C(=O)N1C[C@@H]2CN(C(=O)c3cn[nH]n3)C[C@]2(CCc2ccccc2)C1. The Morgan fingerprint density at radius 2 is 1.84 bits per heavy atom. The Kier molecular flexibility index (Phi) is 4.80. The molecule has 5 rings (SSSR count). The molecule has 2 aliphatic rings. The smallest absolute Gasteiger partial charge is 0.276 e. The number of benzene rings is 1. The van der Waals surface area contributed by atoms with Gasteiger partial charge in [-0.3, -0.25) is 9.59 Å². The van der Waals surface area contributed by atoms with Crippen LogP contribution in [0.1, 0.15) is 33.0 Å². The number of carbonyl (C=O) groups is 2. The van der Waals surface area contributed by atoms with Gasteiger partial charge in [-0.05, 0) is 18.4 Å². The van der Waals surface area contributed by atoms with Gasteiger partial charge in [-0.2, -0.15) is 15.4 Å². The van der Waals surface area contributed by atoms with E-state index in [-0.39, 0.29) is 23.1 Å². The van der Waals surface area contributed by atoms with E-state index in [1.807, 2.05) is 35.0 Å². The number of imidazole rings is 1. The minimum absolute atomic E-state index is 0.00265. The maximum absolute atomic E-state index is 13.1. The average Bonchev–Trinajstić information content (AvgIpc) is 3.55. The number of amides is 2. The largest absolute Gasteiger partial charge is 0.336 e. The molecule has 0 unspecified atom stereocenters. The van der Waals surface area contributed by atoms with Gasteiger partial charge in [0, 0.05) is 44.6 Å². The number of H-pyrrole nitrogens is 1. The molecule has 4 heterocycles. The lowest BCUT2D eigenvalue weighted by Crippen LogP contribution is -2.39. The molecule has 1 N–H and O–H groups in total. The number of aryl methyl sites for hydroxylation is 2. The van der Waals surface area contributed by atoms with Gasteiger partial charge in [0.25, 0.3) is 11.8 Å². The first kappa shape index (κ1) is 19.5. The minimum Gasteiger partial charge on any atom is -0.336 e. The number of hydrogen-bond donors (Lipinski definition) is 1. The number of carbonyl (C=O) groups excluding carboxylic acids is 2. The first-order chi connectivity index (χ1) is 15.1. The highest BCUT2D eigenvalue weighted by atomic mass is 16.2. The lowest BCUT2D eigenvalue weighted by molar-refractivity contribution is 0.0703. The molecule has 2 aliphatic heterocycles. The van der Waals surface area contributed by atoms with E-state index in [2.05, 4.69) is 32.5 Å². The summed E-state index contributed by atoms with van der Waals surface area (Å²) in [4.78, 5) is 34.0. The molecule has 2 atom stereocenters. The number of nitrogens with one attached hydrogen (secondary N) is 1. The van der Waals surface area contributed by atoms with E-state index in [0.717, 1.165) is 12.8 Å². The zero-order valence-corrected chi connectivity index (χ0v) is 17.4. The molecule has 9 heteroatoms. The molecule has 2 amide bonds. The van der Waals surface area contributed by atoms with Gasteiger partial charge < -0.3 is 14.4 Å². The van der Waals surface area contributed by atoms with Gasteiger partial charge >= 0.3 is 0 Å². The topological polar surface area (TPSA) is 100 Å². The molecule has 0 radical (unpaired) electrons. The fourth-order valence-corrected chi connectivity index (χ4v) is 5.08. The van der Waals surface area contributed by atoms with E-state index >= 15 is 0 Å². The van der Waals surface area contributed by atoms with E-state index in [1.165, 1.54) is 11.8 Å². The van der Waals surface area contributed by atoms with Gasteiger partial charge in [0.2, 0.25) is 0 Å². The van der Waals surface area contributed by atoms with E-state index in [1.54, 1.807) is 17.1 Å². The fourth-order valence-electron chi connectivity index (χ4n) is 5.08. The molecule has 0 saturated carbocycles. The van der Waals surface area contributed by atoms with Crippen LogP contribution in [0.2, 0.25) is 0 Å². The van der Waals surface area contributed by atoms with Gasteiger partial charge in [-0.15, -0.1) is 0 Å². The highest BCUT2D eigenvalue weighted by molar-refractivity contribution is 5.93. The third-order valence-electron chi connectivity index (χ3n) is 6.76. The lowest BCUT2D eigenvalue weighted by Gasteiger charge is -2.29. The summed E-state index contributed by atoms with van der Waals surface area (Å²) in [5.41, 5.74) is 2.06. The van der Waals surface area contributed by atoms with Crippen molar-refractivity contribution in [3.05, 3.63) is 66.0 Å². The molecule has 1 aromatic carbocycles. The van der Waals surface area contributed by atoms with Crippen molar-refractivity contribution in [3.8, 4) is 0 Å². The van der Waals surface area contributed by atoms with Crippen LogP contribution in [0, 0.1) is 11.3 Å². The highest BCUT2D eigenvalue weighted by Gasteiger charge is 2.54. The van der Waals surface area contributed by atoms with Crippen molar-refractivity contribution in [2.24, 2.45) is 18.4 Å². The first-order valence-corrected chi connectivity index (χ1v) is 10.5. The normalized spacial score (nSPS) is 22.7. The van der Waals surface area contributed by atoms with Crippen LogP contribution in [-0.2, 0) is 13.5 Å². The molecule has 0 aliphatic carbocycles. The lowest BCUT2D eigenvalue weighted by atomic mass is 9.76. The van der Waals surface area contributed by atoms with E-state index in [0.29, 0.717) is 37.6 Å². The van der Waals surface area contributed by atoms with Crippen molar-refractivity contribution in [3.63, 3.8) is 0 Å². The van der Waals surface area contributed by atoms with Gasteiger partial charge in [-0.1, -0.05) is 30.3 Å². The van der Waals surface area contributed by atoms with E-state index in [4.69, 9.17) is 0 Å². The quantitative estimate of drug-likeness (QED) is 0.674. The summed E-state index contributed by atoms with van der Waals surface area (Å²) < 4.78 is 1.76. The monoisotopic (exact) mass is 419 g/mol. The van der Waals surface area contributed by atoms with Gasteiger partial charge in [0.15, 0.2) is 5.69 Å². The first-order valence-electron chi connectivity index (χ1n) is 10.5. The zero-order chi connectivity index (χ0) is 21.4. The van der Waals surface area contributed by atoms with Crippen molar-refractivity contribution >= 4 is 11.8 Å². The van der Waals surface area contributed by atoms with Crippen LogP contribution in [0.5, 0.6) is 0 Å². The van der Waals surface area contributed by atoms with Crippen LogP contribution >= 0.6 is 0 Å². The fraction of sp³-hybridized carbons (Fsp3) is 0.409. The summed E-state index contributed by atoms with van der Waals surface area (Å²) in [5.74, 6) is 0.124. The average molecular weight is 419 g/mol. The molecule has 31 heavy (non-hydrogen) atoms. The van der Waals surface area contributed by atoms with Crippen molar-refractivity contribution in [1.82, 2.24) is 34.8 Å². The van der Waals surface area contributed by atoms with Gasteiger partial charge in [0.1, 0.15) is 5.69 Å². The Hall–Kier alpha value is -3.49. The van der Waals surface area contributed by atoms with Crippen LogP contribution in [0.3, 0.4) is 0 Å². The summed E-state index contributed by atoms with van der Waals surface area (Å²) in [6, 6.07) is 10.4. The van der Waals surface area contributed by atoms with E-state index in [9.17, 15) is 9.59 Å². The second kappa shape index (κ2) is 7.64. The molecule has 0 spiro atoms. The maximum Gasteiger partial charge on any atom is 0.276 e. The summed E-state index contributed by atoms with van der Waals surface area (Å²) in [5, 5.41) is 10.2. The molecule has 0 bridgehead atoms. The molecule has 2 aromatic heterocycles. The predicted octanol–water partition coefficient (Wildman–Crippen LogP) is 1.39. The van der Waals surface area contributed by atoms with Crippen molar-refractivity contribution in [2.45, 2.75) is 12.8 Å². The Labute approximate surface area is 180 Å². The third-order valence-corrected chi connectivity index (χ3v) is 6.76. The van der Waals surface area contributed by atoms with Crippen LogP contribution in [0.15, 0.2) is 49.1 Å². The summed E-state index contributed by atoms with van der Waals surface area (Å²) in [7, 11) is 1.83. The number of aromatic nitrogens is 5. The van der Waals surface area contributed by atoms with Crippen LogP contribution in [0.4, 0.5) is 0 Å². The Bertz CT molecular complexity index is 1080. The number of aromatic amines is 1. The number of hydrogen-bond acceptors (Lipinski definition) is 5. The van der Waals surface area contributed by atoms with Gasteiger partial charge in [-0.25, -0.2) is 4.98 Å². The molecule has 2 saturated heterocycles. The molecule has 9 nitrogen and oxygen atoms in total. The Morgan fingerprint density at radius 3 is 2.48 bits per heavy atom. The standard InChI is InChI=1S/C22H25N7O2/c1-27-15-23-10-19(27)21(31)29-12-17-11-28(20(30)18-9-24-26-25-18)13-22(17,14-29)8-7-16-5-3-2-4-6-16/h2-6,9-10,15,17H,7-8,11-14H2,1H3,(H,24,25,26)/t17-,22+/m0/s1. The van der Waals surface area contributed by atoms with Crippen LogP contribution < -0.4 is 0 Å². The maximum atomic E-state index is 13.1. The Balaban J connectivity index is 1.38. The number of fused-ring (bicyclic) bond motifs is 1. The number of nitrogens with zero attached hydrogens (tertiary/aromatic N) is 6. The number of rotatable bonds is 5. The van der Waals surface area contributed by atoms with Crippen LogP contribution in [-0.4, -0.2) is 72.8 Å². The van der Waals surface area contributed by atoms with Crippen LogP contribution in [0.25, 0.3) is 0 Å². The van der Waals surface area contributed by atoms with Crippen molar-refractivity contribution in [2.75, 3.05) is 26.2 Å². The third kappa shape index (κ3) is 3.49. The molecule has 2 fully saturated rings. The zero-order valence-electron chi connectivity index (χ0n) is 17.4. The van der Waals surface area contributed by atoms with Gasteiger partial charge in [0.05, 0.1) is 18.7 Å². The Morgan fingerprint density at radius 1 is 1.10 bits per heavy atom. The molecular formula is C22H25N7O2. The van der Waals surface area contributed by atoms with Crippen molar-refractivity contribution < 1.29 is 9.59 Å². The molecular weight excluding hydrogens is 394 g/mol. The van der Waals surface area contributed by atoms with Crippen molar-refractivity contribution in [1.29, 1.82) is 0 Å².